The number of aliphatic hydroxyl groups excluding tert-OH is 1. The average molecular weight is 236 g/mol. The Bertz CT molecular complexity index is 364. The van der Waals surface area contributed by atoms with E-state index in [-0.39, 0.29) is 5.41 Å². The van der Waals surface area contributed by atoms with Crippen molar-refractivity contribution in [1.82, 2.24) is 0 Å². The summed E-state index contributed by atoms with van der Waals surface area (Å²) >= 11 is 0. The van der Waals surface area contributed by atoms with Crippen LogP contribution in [0.4, 0.5) is 0 Å². The first-order valence-corrected chi connectivity index (χ1v) is 6.16. The maximum Gasteiger partial charge on any atom is 0.124 e. The Labute approximate surface area is 105 Å². The van der Waals surface area contributed by atoms with Crippen LogP contribution in [-0.2, 0) is 0 Å². The number of rotatable bonds is 4. The molecule has 1 aromatic carbocycles. The zero-order valence-electron chi connectivity index (χ0n) is 11.6. The molecular formula is C15H24O2. The first-order valence-electron chi connectivity index (χ1n) is 6.16. The number of aryl methyl sites for hydroxylation is 1. The maximum absolute atomic E-state index is 10.2. The Morgan fingerprint density at radius 3 is 2.47 bits per heavy atom. The minimum absolute atomic E-state index is 0.248. The van der Waals surface area contributed by atoms with E-state index in [1.807, 2.05) is 25.1 Å². The van der Waals surface area contributed by atoms with Gasteiger partial charge in [-0.15, -0.1) is 0 Å². The Hall–Kier alpha value is -1.02. The Morgan fingerprint density at radius 1 is 1.29 bits per heavy atom. The molecule has 1 unspecified atom stereocenters. The van der Waals surface area contributed by atoms with Crippen LogP contribution in [0.15, 0.2) is 18.2 Å². The van der Waals surface area contributed by atoms with Gasteiger partial charge in [-0.2, -0.15) is 0 Å². The highest BCUT2D eigenvalue weighted by Crippen LogP contribution is 2.32. The summed E-state index contributed by atoms with van der Waals surface area (Å²) in [4.78, 5) is 0. The van der Waals surface area contributed by atoms with Gasteiger partial charge in [0.1, 0.15) is 5.75 Å². The van der Waals surface area contributed by atoms with Crippen LogP contribution in [0.25, 0.3) is 0 Å². The second kappa shape index (κ2) is 5.54. The van der Waals surface area contributed by atoms with Crippen molar-refractivity contribution in [3.05, 3.63) is 29.3 Å². The maximum atomic E-state index is 10.2. The highest BCUT2D eigenvalue weighted by molar-refractivity contribution is 5.38. The predicted molar refractivity (Wildman–Crippen MR) is 71.4 cm³/mol. The molecule has 1 atom stereocenters. The number of ether oxygens (including phenoxy) is 1. The number of hydrogen-bond acceptors (Lipinski definition) is 2. The van der Waals surface area contributed by atoms with Crippen LogP contribution in [0.2, 0.25) is 0 Å². The fraction of sp³-hybridized carbons (Fsp3) is 0.600. The molecule has 0 aliphatic rings. The van der Waals surface area contributed by atoms with Gasteiger partial charge in [-0.3, -0.25) is 0 Å². The second-order valence-corrected chi connectivity index (χ2v) is 5.86. The molecule has 1 rings (SSSR count). The number of aliphatic hydroxyl groups is 1. The van der Waals surface area contributed by atoms with Gasteiger partial charge in [0.05, 0.1) is 13.2 Å². The van der Waals surface area contributed by atoms with Gasteiger partial charge in [0, 0.05) is 5.56 Å². The van der Waals surface area contributed by atoms with Crippen molar-refractivity contribution in [2.45, 2.75) is 46.6 Å². The summed E-state index contributed by atoms with van der Waals surface area (Å²) in [5.74, 6) is 0.775. The van der Waals surface area contributed by atoms with Crippen LogP contribution in [0.3, 0.4) is 0 Å². The zero-order valence-corrected chi connectivity index (χ0v) is 11.6. The monoisotopic (exact) mass is 236 g/mol. The molecule has 17 heavy (non-hydrogen) atoms. The molecule has 1 aromatic rings. The van der Waals surface area contributed by atoms with Crippen molar-refractivity contribution in [1.29, 1.82) is 0 Å². The summed E-state index contributed by atoms with van der Waals surface area (Å²) < 4.78 is 5.29. The number of benzene rings is 1. The third kappa shape index (κ3) is 4.39. The molecule has 1 N–H and O–H groups in total. The molecule has 0 heterocycles. The third-order valence-corrected chi connectivity index (χ3v) is 2.91. The van der Waals surface area contributed by atoms with E-state index in [1.54, 1.807) is 7.11 Å². The van der Waals surface area contributed by atoms with Gasteiger partial charge in [-0.1, -0.05) is 32.4 Å². The Kier molecular flexibility index (Phi) is 4.58. The standard InChI is InChI=1S/C15H24O2/c1-11-6-7-14(17-5)12(10-11)13(16)8-9-15(2,3)4/h6-7,10,13,16H,8-9H2,1-5H3. The number of hydrogen-bond donors (Lipinski definition) is 1. The van der Waals surface area contributed by atoms with Crippen molar-refractivity contribution in [3.63, 3.8) is 0 Å². The molecule has 0 bridgehead atoms. The highest BCUT2D eigenvalue weighted by Gasteiger charge is 2.17. The minimum Gasteiger partial charge on any atom is -0.496 e. The van der Waals surface area contributed by atoms with Gasteiger partial charge in [-0.05, 0) is 37.3 Å². The summed E-state index contributed by atoms with van der Waals surface area (Å²) in [7, 11) is 1.64. The molecule has 0 saturated carbocycles. The molecule has 0 aliphatic heterocycles. The van der Waals surface area contributed by atoms with E-state index < -0.39 is 6.10 Å². The molecule has 0 saturated heterocycles. The highest BCUT2D eigenvalue weighted by atomic mass is 16.5. The molecule has 0 fully saturated rings. The lowest BCUT2D eigenvalue weighted by Crippen LogP contribution is -2.09. The summed E-state index contributed by atoms with van der Waals surface area (Å²) in [6, 6.07) is 5.93. The molecule has 0 amide bonds. The van der Waals surface area contributed by atoms with Crippen LogP contribution < -0.4 is 4.74 Å². The molecule has 2 heteroatoms. The topological polar surface area (TPSA) is 29.5 Å². The first kappa shape index (κ1) is 14.0. The van der Waals surface area contributed by atoms with E-state index in [4.69, 9.17) is 4.74 Å². The van der Waals surface area contributed by atoms with Crippen LogP contribution in [0.5, 0.6) is 5.75 Å². The molecule has 0 aliphatic carbocycles. The lowest BCUT2D eigenvalue weighted by Gasteiger charge is -2.21. The molecule has 96 valence electrons. The smallest absolute Gasteiger partial charge is 0.124 e. The third-order valence-electron chi connectivity index (χ3n) is 2.91. The summed E-state index contributed by atoms with van der Waals surface area (Å²) in [6.07, 6.45) is 1.32. The second-order valence-electron chi connectivity index (χ2n) is 5.86. The van der Waals surface area contributed by atoms with Gasteiger partial charge in [0.25, 0.3) is 0 Å². The predicted octanol–water partition coefficient (Wildman–Crippen LogP) is 3.86. The van der Waals surface area contributed by atoms with Crippen LogP contribution in [0.1, 0.15) is 50.8 Å². The van der Waals surface area contributed by atoms with Gasteiger partial charge in [0.2, 0.25) is 0 Å². The lowest BCUT2D eigenvalue weighted by molar-refractivity contribution is 0.144. The SMILES string of the molecule is COc1ccc(C)cc1C(O)CCC(C)(C)C. The summed E-state index contributed by atoms with van der Waals surface area (Å²) in [5.41, 5.74) is 2.30. The van der Waals surface area contributed by atoms with Crippen LogP contribution in [0, 0.1) is 12.3 Å². The van der Waals surface area contributed by atoms with Crippen molar-refractivity contribution in [3.8, 4) is 5.75 Å². The number of methoxy groups -OCH3 is 1. The summed E-state index contributed by atoms with van der Waals surface area (Å²) in [6.45, 7) is 8.59. The normalized spacial score (nSPS) is 13.5. The van der Waals surface area contributed by atoms with E-state index >= 15 is 0 Å². The van der Waals surface area contributed by atoms with Crippen LogP contribution in [-0.4, -0.2) is 12.2 Å². The molecule has 2 nitrogen and oxygen atoms in total. The fourth-order valence-electron chi connectivity index (χ4n) is 1.84. The van der Waals surface area contributed by atoms with Crippen LogP contribution >= 0.6 is 0 Å². The van der Waals surface area contributed by atoms with Crippen molar-refractivity contribution >= 4 is 0 Å². The molecule has 0 aromatic heterocycles. The Balaban J connectivity index is 2.80. The minimum atomic E-state index is -0.441. The van der Waals surface area contributed by atoms with Gasteiger partial charge in [0.15, 0.2) is 0 Å². The largest absolute Gasteiger partial charge is 0.496 e. The first-order chi connectivity index (χ1) is 7.83. The Morgan fingerprint density at radius 2 is 1.94 bits per heavy atom. The van der Waals surface area contributed by atoms with Gasteiger partial charge < -0.3 is 9.84 Å². The van der Waals surface area contributed by atoms with Crippen molar-refractivity contribution in [2.75, 3.05) is 7.11 Å². The van der Waals surface area contributed by atoms with E-state index in [9.17, 15) is 5.11 Å². The average Bonchev–Trinajstić information content (AvgIpc) is 2.25. The fourth-order valence-corrected chi connectivity index (χ4v) is 1.84. The van der Waals surface area contributed by atoms with E-state index in [0.717, 1.165) is 29.7 Å². The molecular weight excluding hydrogens is 212 g/mol. The van der Waals surface area contributed by atoms with Crippen molar-refractivity contribution in [2.24, 2.45) is 5.41 Å². The van der Waals surface area contributed by atoms with Crippen molar-refractivity contribution < 1.29 is 9.84 Å². The zero-order chi connectivity index (χ0) is 13.1. The lowest BCUT2D eigenvalue weighted by atomic mass is 9.87. The summed E-state index contributed by atoms with van der Waals surface area (Å²) in [5, 5.41) is 10.2. The van der Waals surface area contributed by atoms with E-state index in [2.05, 4.69) is 20.8 Å². The molecule has 0 spiro atoms. The molecule has 0 radical (unpaired) electrons. The van der Waals surface area contributed by atoms with Gasteiger partial charge in [-0.25, -0.2) is 0 Å². The van der Waals surface area contributed by atoms with E-state index in [1.165, 1.54) is 0 Å². The van der Waals surface area contributed by atoms with Gasteiger partial charge >= 0.3 is 0 Å². The van der Waals surface area contributed by atoms with E-state index in [0.29, 0.717) is 0 Å². The quantitative estimate of drug-likeness (QED) is 0.860.